The SMILES string of the molecule is NOC(N)C(=O)c1ccccc1. The average Bonchev–Trinajstić information content (AvgIpc) is 2.17. The molecule has 4 N–H and O–H groups in total. The second kappa shape index (κ2) is 3.96. The molecule has 12 heavy (non-hydrogen) atoms. The predicted molar refractivity (Wildman–Crippen MR) is 44.0 cm³/mol. The maximum absolute atomic E-state index is 11.2. The molecule has 0 radical (unpaired) electrons. The highest BCUT2D eigenvalue weighted by atomic mass is 16.6. The van der Waals surface area contributed by atoms with Crippen molar-refractivity contribution in [3.8, 4) is 0 Å². The second-order valence-corrected chi connectivity index (χ2v) is 2.29. The molecule has 4 heteroatoms. The summed E-state index contributed by atoms with van der Waals surface area (Å²) in [4.78, 5) is 15.4. The summed E-state index contributed by atoms with van der Waals surface area (Å²) < 4.78 is 0. The van der Waals surface area contributed by atoms with Crippen molar-refractivity contribution in [3.05, 3.63) is 35.9 Å². The lowest BCUT2D eigenvalue weighted by Crippen LogP contribution is -2.35. The highest BCUT2D eigenvalue weighted by Crippen LogP contribution is 2.01. The Morgan fingerprint density at radius 3 is 2.42 bits per heavy atom. The number of hydrogen-bond donors (Lipinski definition) is 2. The summed E-state index contributed by atoms with van der Waals surface area (Å²) >= 11 is 0. The first-order valence-electron chi connectivity index (χ1n) is 3.46. The first-order chi connectivity index (χ1) is 5.75. The number of carbonyl (C=O) groups is 1. The van der Waals surface area contributed by atoms with E-state index in [9.17, 15) is 4.79 Å². The molecule has 0 aliphatic heterocycles. The Bertz CT molecular complexity index is 261. The summed E-state index contributed by atoms with van der Waals surface area (Å²) in [7, 11) is 0. The standard InChI is InChI=1S/C8H10N2O2/c9-8(12-10)7(11)6-4-2-1-3-5-6/h1-5,8H,9-10H2. The van der Waals surface area contributed by atoms with Gasteiger partial charge >= 0.3 is 0 Å². The van der Waals surface area contributed by atoms with Crippen molar-refractivity contribution in [2.45, 2.75) is 6.23 Å². The Hall–Kier alpha value is -1.23. The van der Waals surface area contributed by atoms with Gasteiger partial charge in [0.1, 0.15) is 0 Å². The van der Waals surface area contributed by atoms with E-state index in [1.807, 2.05) is 6.07 Å². The largest absolute Gasteiger partial charge is 0.298 e. The summed E-state index contributed by atoms with van der Waals surface area (Å²) in [5, 5.41) is 0. The minimum absolute atomic E-state index is 0.321. The summed E-state index contributed by atoms with van der Waals surface area (Å²) in [6.45, 7) is 0. The van der Waals surface area contributed by atoms with E-state index >= 15 is 0 Å². The van der Waals surface area contributed by atoms with Crippen LogP contribution in [0.5, 0.6) is 0 Å². The van der Waals surface area contributed by atoms with Gasteiger partial charge in [-0.15, -0.1) is 0 Å². The molecule has 0 saturated heterocycles. The molecule has 0 bridgehead atoms. The highest BCUT2D eigenvalue weighted by molar-refractivity contribution is 5.98. The summed E-state index contributed by atoms with van der Waals surface area (Å²) in [5.41, 5.74) is 5.75. The van der Waals surface area contributed by atoms with Gasteiger partial charge < -0.3 is 0 Å². The maximum Gasteiger partial charge on any atom is 0.208 e. The lowest BCUT2D eigenvalue weighted by molar-refractivity contribution is 0.0434. The van der Waals surface area contributed by atoms with Crippen molar-refractivity contribution in [1.82, 2.24) is 0 Å². The van der Waals surface area contributed by atoms with E-state index in [0.29, 0.717) is 5.56 Å². The molecule has 4 nitrogen and oxygen atoms in total. The van der Waals surface area contributed by atoms with Crippen LogP contribution in [-0.4, -0.2) is 12.0 Å². The van der Waals surface area contributed by atoms with E-state index in [-0.39, 0.29) is 5.78 Å². The van der Waals surface area contributed by atoms with E-state index in [0.717, 1.165) is 0 Å². The van der Waals surface area contributed by atoms with E-state index in [4.69, 9.17) is 11.6 Å². The first-order valence-corrected chi connectivity index (χ1v) is 3.46. The van der Waals surface area contributed by atoms with Crippen LogP contribution in [0.4, 0.5) is 0 Å². The number of carbonyl (C=O) groups excluding carboxylic acids is 1. The molecule has 0 spiro atoms. The zero-order valence-electron chi connectivity index (χ0n) is 6.44. The van der Waals surface area contributed by atoms with Gasteiger partial charge in [0.25, 0.3) is 0 Å². The Balaban J connectivity index is 2.79. The van der Waals surface area contributed by atoms with Crippen molar-refractivity contribution in [2.75, 3.05) is 0 Å². The Morgan fingerprint density at radius 2 is 1.92 bits per heavy atom. The van der Waals surface area contributed by atoms with Crippen molar-refractivity contribution in [2.24, 2.45) is 11.6 Å². The molecule has 1 unspecified atom stereocenters. The third kappa shape index (κ3) is 1.88. The summed E-state index contributed by atoms with van der Waals surface area (Å²) in [6.07, 6.45) is -1.08. The minimum Gasteiger partial charge on any atom is -0.298 e. The molecule has 1 atom stereocenters. The number of nitrogens with two attached hydrogens (primary N) is 2. The zero-order chi connectivity index (χ0) is 8.97. The number of rotatable bonds is 3. The molecule has 0 fully saturated rings. The summed E-state index contributed by atoms with van der Waals surface area (Å²) in [5.74, 6) is 4.44. The quantitative estimate of drug-likeness (QED) is 0.377. The molecule has 1 aromatic carbocycles. The minimum atomic E-state index is -1.08. The van der Waals surface area contributed by atoms with Crippen LogP contribution in [0.25, 0.3) is 0 Å². The van der Waals surface area contributed by atoms with Gasteiger partial charge in [0.05, 0.1) is 0 Å². The van der Waals surface area contributed by atoms with Crippen molar-refractivity contribution in [1.29, 1.82) is 0 Å². The highest BCUT2D eigenvalue weighted by Gasteiger charge is 2.14. The van der Waals surface area contributed by atoms with E-state index in [1.165, 1.54) is 0 Å². The summed E-state index contributed by atoms with van der Waals surface area (Å²) in [6, 6.07) is 8.61. The zero-order valence-corrected chi connectivity index (χ0v) is 6.44. The maximum atomic E-state index is 11.2. The van der Waals surface area contributed by atoms with Crippen LogP contribution in [0.1, 0.15) is 10.4 Å². The van der Waals surface area contributed by atoms with Gasteiger partial charge in [-0.3, -0.25) is 15.4 Å². The lowest BCUT2D eigenvalue weighted by atomic mass is 10.1. The second-order valence-electron chi connectivity index (χ2n) is 2.29. The van der Waals surface area contributed by atoms with Crippen LogP contribution >= 0.6 is 0 Å². The smallest absolute Gasteiger partial charge is 0.208 e. The predicted octanol–water partition coefficient (Wildman–Crippen LogP) is 0.0444. The van der Waals surface area contributed by atoms with E-state index in [1.54, 1.807) is 24.3 Å². The lowest BCUT2D eigenvalue weighted by Gasteiger charge is -2.06. The van der Waals surface area contributed by atoms with Crippen LogP contribution in [0.3, 0.4) is 0 Å². The molecule has 0 heterocycles. The molecule has 64 valence electrons. The molecule has 0 amide bonds. The molecule has 0 aliphatic carbocycles. The van der Waals surface area contributed by atoms with Gasteiger partial charge in [-0.1, -0.05) is 30.3 Å². The van der Waals surface area contributed by atoms with Gasteiger partial charge in [-0.05, 0) is 0 Å². The first kappa shape index (κ1) is 8.86. The average molecular weight is 166 g/mol. The fraction of sp³-hybridized carbons (Fsp3) is 0.125. The molecular formula is C8H10N2O2. The molecule has 1 aromatic rings. The van der Waals surface area contributed by atoms with Gasteiger partial charge in [0.2, 0.25) is 5.78 Å². The third-order valence-corrected chi connectivity index (χ3v) is 1.46. The molecule has 1 rings (SSSR count). The van der Waals surface area contributed by atoms with Gasteiger partial charge in [-0.25, -0.2) is 5.90 Å². The fourth-order valence-corrected chi connectivity index (χ4v) is 0.828. The van der Waals surface area contributed by atoms with Crippen molar-refractivity contribution in [3.63, 3.8) is 0 Å². The van der Waals surface area contributed by atoms with Crippen LogP contribution in [0, 0.1) is 0 Å². The van der Waals surface area contributed by atoms with Crippen LogP contribution in [-0.2, 0) is 4.84 Å². The van der Waals surface area contributed by atoms with Crippen LogP contribution in [0.2, 0.25) is 0 Å². The number of hydrogen-bond acceptors (Lipinski definition) is 4. The number of ketones is 1. The number of Topliss-reactive ketones (excluding diaryl/α,β-unsaturated/α-hetero) is 1. The van der Waals surface area contributed by atoms with Crippen molar-refractivity contribution < 1.29 is 9.63 Å². The van der Waals surface area contributed by atoms with Gasteiger partial charge in [0.15, 0.2) is 6.23 Å². The number of benzene rings is 1. The molecular weight excluding hydrogens is 156 g/mol. The third-order valence-electron chi connectivity index (χ3n) is 1.46. The Labute approximate surface area is 70.1 Å². The van der Waals surface area contributed by atoms with Crippen LogP contribution < -0.4 is 11.6 Å². The van der Waals surface area contributed by atoms with Crippen LogP contribution in [0.15, 0.2) is 30.3 Å². The van der Waals surface area contributed by atoms with Gasteiger partial charge in [0, 0.05) is 5.56 Å². The molecule has 0 aromatic heterocycles. The Morgan fingerprint density at radius 1 is 1.33 bits per heavy atom. The van der Waals surface area contributed by atoms with Gasteiger partial charge in [-0.2, -0.15) is 0 Å². The molecule has 0 aliphatic rings. The van der Waals surface area contributed by atoms with Crippen molar-refractivity contribution >= 4 is 5.78 Å². The normalized spacial score (nSPS) is 12.5. The Kier molecular flexibility index (Phi) is 2.93. The van der Waals surface area contributed by atoms with E-state index < -0.39 is 6.23 Å². The molecule has 0 saturated carbocycles. The monoisotopic (exact) mass is 166 g/mol. The fourth-order valence-electron chi connectivity index (χ4n) is 0.828. The van der Waals surface area contributed by atoms with E-state index in [2.05, 4.69) is 4.84 Å². The topological polar surface area (TPSA) is 78.3 Å².